The van der Waals surface area contributed by atoms with Crippen molar-refractivity contribution in [1.29, 1.82) is 0 Å². The number of fused-ring (bicyclic) bond motifs is 1. The Labute approximate surface area is 142 Å². The van der Waals surface area contributed by atoms with Crippen molar-refractivity contribution in [1.82, 2.24) is 4.57 Å². The lowest BCUT2D eigenvalue weighted by Gasteiger charge is -2.19. The van der Waals surface area contributed by atoms with Crippen LogP contribution in [0.2, 0.25) is 5.15 Å². The number of aliphatic hydroxyl groups excluding tert-OH is 3. The molecule has 0 aliphatic carbocycles. The topological polar surface area (TPSA) is 88.0 Å². The van der Waals surface area contributed by atoms with Crippen LogP contribution < -0.4 is 0 Å². The zero-order chi connectivity index (χ0) is 16.8. The first kappa shape index (κ1) is 15.7. The summed E-state index contributed by atoms with van der Waals surface area (Å²) >= 11 is 6.60. The predicted octanol–water partition coefficient (Wildman–Crippen LogP) is 2.17. The lowest BCUT2D eigenvalue weighted by Crippen LogP contribution is -2.33. The smallest absolute Gasteiger partial charge is 0.164 e. The predicted molar refractivity (Wildman–Crippen MR) is 87.7 cm³/mol. The van der Waals surface area contributed by atoms with Gasteiger partial charge in [0.1, 0.15) is 29.2 Å². The first-order valence-corrected chi connectivity index (χ1v) is 7.96. The van der Waals surface area contributed by atoms with Crippen LogP contribution in [-0.4, -0.2) is 44.8 Å². The van der Waals surface area contributed by atoms with Gasteiger partial charge in [-0.25, -0.2) is 0 Å². The van der Waals surface area contributed by atoms with Crippen molar-refractivity contribution in [3.05, 3.63) is 47.8 Å². The van der Waals surface area contributed by atoms with Crippen LogP contribution in [0.5, 0.6) is 0 Å². The van der Waals surface area contributed by atoms with E-state index in [0.29, 0.717) is 16.5 Å². The molecule has 126 valence electrons. The van der Waals surface area contributed by atoms with Gasteiger partial charge in [0.15, 0.2) is 6.23 Å². The van der Waals surface area contributed by atoms with E-state index in [9.17, 15) is 15.3 Å². The molecule has 1 fully saturated rings. The molecule has 3 heterocycles. The molecule has 4 rings (SSSR count). The Morgan fingerprint density at radius 1 is 1.08 bits per heavy atom. The van der Waals surface area contributed by atoms with Crippen molar-refractivity contribution in [3.8, 4) is 11.3 Å². The lowest BCUT2D eigenvalue weighted by molar-refractivity contribution is -0.0504. The highest BCUT2D eigenvalue weighted by molar-refractivity contribution is 6.34. The minimum atomic E-state index is -1.21. The minimum Gasteiger partial charge on any atom is -0.464 e. The Hall–Kier alpha value is -1.83. The standard InChI is InChI=1S/C17H16ClNO5/c18-16-13(11-6-3-7-23-11)9-4-1-2-5-10(9)19(16)17-15(22)14(21)12(8-20)24-17/h1-7,12,14-15,17,20-22H,8H2/t12-,14-,15-,17-/m1/s1. The summed E-state index contributed by atoms with van der Waals surface area (Å²) in [5.74, 6) is 0.599. The summed E-state index contributed by atoms with van der Waals surface area (Å²) in [5, 5.41) is 30.9. The molecule has 0 bridgehead atoms. The second-order valence-corrected chi connectivity index (χ2v) is 6.12. The first-order chi connectivity index (χ1) is 11.6. The van der Waals surface area contributed by atoms with Gasteiger partial charge in [0.25, 0.3) is 0 Å². The highest BCUT2D eigenvalue weighted by Gasteiger charge is 2.44. The van der Waals surface area contributed by atoms with Crippen LogP contribution in [0.15, 0.2) is 47.1 Å². The molecule has 24 heavy (non-hydrogen) atoms. The summed E-state index contributed by atoms with van der Waals surface area (Å²) in [6, 6.07) is 11.0. The van der Waals surface area contributed by atoms with Gasteiger partial charge in [0.2, 0.25) is 0 Å². The third kappa shape index (κ3) is 2.19. The van der Waals surface area contributed by atoms with Crippen LogP contribution in [0.4, 0.5) is 0 Å². The van der Waals surface area contributed by atoms with Crippen LogP contribution >= 0.6 is 11.6 Å². The molecule has 0 amide bonds. The number of para-hydroxylation sites is 1. The minimum absolute atomic E-state index is 0.334. The zero-order valence-electron chi connectivity index (χ0n) is 12.5. The third-order valence-corrected chi connectivity index (χ3v) is 4.76. The Bertz CT molecular complexity index is 859. The molecule has 1 aromatic carbocycles. The number of furan rings is 1. The molecular weight excluding hydrogens is 334 g/mol. The van der Waals surface area contributed by atoms with Crippen molar-refractivity contribution in [2.75, 3.05) is 6.61 Å². The molecular formula is C17H16ClNO5. The Kier molecular flexibility index (Phi) is 3.86. The normalized spacial score (nSPS) is 27.2. The molecule has 3 aromatic rings. The molecule has 0 saturated carbocycles. The van der Waals surface area contributed by atoms with E-state index < -0.39 is 31.1 Å². The number of aromatic nitrogens is 1. The molecule has 3 N–H and O–H groups in total. The molecule has 1 aliphatic heterocycles. The molecule has 7 heteroatoms. The number of benzene rings is 1. The number of hydrogen-bond donors (Lipinski definition) is 3. The maximum absolute atomic E-state index is 10.3. The number of rotatable bonds is 3. The monoisotopic (exact) mass is 349 g/mol. The number of nitrogens with zero attached hydrogens (tertiary/aromatic N) is 1. The zero-order valence-corrected chi connectivity index (χ0v) is 13.3. The van der Waals surface area contributed by atoms with Gasteiger partial charge in [-0.2, -0.15) is 0 Å². The average molecular weight is 350 g/mol. The number of aliphatic hydroxyl groups is 3. The summed E-state index contributed by atoms with van der Waals surface area (Å²) < 4.78 is 12.7. The SMILES string of the molecule is OC[C@H]1O[C@@H](n2c(Cl)c(-c3ccco3)c3ccccc32)[C@H](O)[C@@H]1O. The van der Waals surface area contributed by atoms with Gasteiger partial charge in [-0.3, -0.25) is 0 Å². The molecule has 0 unspecified atom stereocenters. The summed E-state index contributed by atoms with van der Waals surface area (Å²) in [5.41, 5.74) is 1.43. The fourth-order valence-electron chi connectivity index (χ4n) is 3.23. The van der Waals surface area contributed by atoms with Gasteiger partial charge in [-0.05, 0) is 18.2 Å². The van der Waals surface area contributed by atoms with E-state index in [0.717, 1.165) is 10.9 Å². The Balaban J connectivity index is 1.92. The molecule has 2 aromatic heterocycles. The van der Waals surface area contributed by atoms with E-state index in [-0.39, 0.29) is 0 Å². The highest BCUT2D eigenvalue weighted by atomic mass is 35.5. The van der Waals surface area contributed by atoms with Crippen LogP contribution in [-0.2, 0) is 4.74 Å². The second-order valence-electron chi connectivity index (χ2n) is 5.76. The van der Waals surface area contributed by atoms with Gasteiger partial charge in [0, 0.05) is 5.39 Å². The first-order valence-electron chi connectivity index (χ1n) is 7.58. The highest BCUT2D eigenvalue weighted by Crippen LogP contribution is 2.43. The largest absolute Gasteiger partial charge is 0.464 e. The van der Waals surface area contributed by atoms with Gasteiger partial charge in [-0.1, -0.05) is 29.8 Å². The molecule has 0 spiro atoms. The molecule has 1 saturated heterocycles. The number of ether oxygens (including phenoxy) is 1. The van der Waals surface area contributed by atoms with Crippen LogP contribution in [0.1, 0.15) is 6.23 Å². The van der Waals surface area contributed by atoms with Crippen LogP contribution in [0.3, 0.4) is 0 Å². The molecule has 1 aliphatic rings. The molecule has 4 atom stereocenters. The Morgan fingerprint density at radius 3 is 2.54 bits per heavy atom. The summed E-state index contributed by atoms with van der Waals surface area (Å²) in [6.07, 6.45) is -2.61. The summed E-state index contributed by atoms with van der Waals surface area (Å²) in [6.45, 7) is -0.392. The van der Waals surface area contributed by atoms with Gasteiger partial charge >= 0.3 is 0 Å². The maximum atomic E-state index is 10.3. The third-order valence-electron chi connectivity index (χ3n) is 4.39. The molecule has 6 nitrogen and oxygen atoms in total. The fraction of sp³-hybridized carbons (Fsp3) is 0.294. The van der Waals surface area contributed by atoms with E-state index in [2.05, 4.69) is 0 Å². The van der Waals surface area contributed by atoms with Crippen molar-refractivity contribution in [2.24, 2.45) is 0 Å². The Morgan fingerprint density at radius 2 is 1.88 bits per heavy atom. The summed E-state index contributed by atoms with van der Waals surface area (Å²) in [4.78, 5) is 0. The lowest BCUT2D eigenvalue weighted by atomic mass is 10.1. The maximum Gasteiger partial charge on any atom is 0.164 e. The number of hydrogen-bond acceptors (Lipinski definition) is 5. The van der Waals surface area contributed by atoms with Crippen molar-refractivity contribution in [3.63, 3.8) is 0 Å². The summed E-state index contributed by atoms with van der Waals surface area (Å²) in [7, 11) is 0. The number of halogens is 1. The van der Waals surface area contributed by atoms with E-state index in [4.69, 9.17) is 20.8 Å². The van der Waals surface area contributed by atoms with Crippen molar-refractivity contribution in [2.45, 2.75) is 24.5 Å². The van der Waals surface area contributed by atoms with E-state index in [1.807, 2.05) is 24.3 Å². The van der Waals surface area contributed by atoms with Gasteiger partial charge in [-0.15, -0.1) is 0 Å². The fourth-order valence-corrected chi connectivity index (χ4v) is 3.61. The van der Waals surface area contributed by atoms with Crippen molar-refractivity contribution < 1.29 is 24.5 Å². The van der Waals surface area contributed by atoms with Crippen LogP contribution in [0.25, 0.3) is 22.2 Å². The van der Waals surface area contributed by atoms with Crippen molar-refractivity contribution >= 4 is 22.5 Å². The quantitative estimate of drug-likeness (QED) is 0.674. The second kappa shape index (κ2) is 5.91. The van der Waals surface area contributed by atoms with Gasteiger partial charge in [0.05, 0.1) is 24.0 Å². The molecule has 0 radical (unpaired) electrons. The van der Waals surface area contributed by atoms with E-state index >= 15 is 0 Å². The average Bonchev–Trinajstić information content (AvgIpc) is 3.27. The van der Waals surface area contributed by atoms with Crippen LogP contribution in [0, 0.1) is 0 Å². The van der Waals surface area contributed by atoms with E-state index in [1.165, 1.54) is 0 Å². The van der Waals surface area contributed by atoms with Gasteiger partial charge < -0.3 is 29.0 Å². The van der Waals surface area contributed by atoms with E-state index in [1.54, 1.807) is 23.0 Å².